The van der Waals surface area contributed by atoms with Crippen molar-refractivity contribution in [2.45, 2.75) is 56.3 Å². The number of nitrogens with one attached hydrogen (secondary N) is 5. The lowest BCUT2D eigenvalue weighted by atomic mass is 10.0. The third-order valence-electron chi connectivity index (χ3n) is 6.45. The number of carboxylic acids is 1. The predicted octanol–water partition coefficient (Wildman–Crippen LogP) is -0.399. The van der Waals surface area contributed by atoms with Gasteiger partial charge >= 0.3 is 5.97 Å². The lowest BCUT2D eigenvalue weighted by Gasteiger charge is -2.24. The molecule has 0 saturated heterocycles. The third-order valence-corrected chi connectivity index (χ3v) is 6.81. The molecule has 3 amide bonds. The number of H-pyrrole nitrogens is 2. The number of imidazole rings is 1. The number of carbonyl (C=O) groups is 4. The molecule has 2 heterocycles. The number of aromatic nitrogens is 3. The van der Waals surface area contributed by atoms with E-state index in [1.165, 1.54) is 12.5 Å². The van der Waals surface area contributed by atoms with E-state index in [0.29, 0.717) is 25.1 Å². The van der Waals surface area contributed by atoms with Crippen LogP contribution in [-0.4, -0.2) is 80.2 Å². The maximum atomic E-state index is 13.4. The summed E-state index contributed by atoms with van der Waals surface area (Å²) in [5.74, 6) is -3.23. The summed E-state index contributed by atoms with van der Waals surface area (Å²) in [5, 5.41) is 18.2. The van der Waals surface area contributed by atoms with E-state index < -0.39 is 47.9 Å². The van der Waals surface area contributed by atoms with Crippen molar-refractivity contribution >= 4 is 47.2 Å². The Morgan fingerprint density at radius 2 is 1.65 bits per heavy atom. The highest BCUT2D eigenvalue weighted by Gasteiger charge is 2.30. The van der Waals surface area contributed by atoms with Gasteiger partial charge in [-0.15, -0.1) is 0 Å². The van der Waals surface area contributed by atoms with E-state index in [9.17, 15) is 24.3 Å². The van der Waals surface area contributed by atoms with Gasteiger partial charge in [-0.2, -0.15) is 12.6 Å². The Morgan fingerprint density at radius 1 is 0.950 bits per heavy atom. The largest absolute Gasteiger partial charge is 0.480 e. The molecule has 216 valence electrons. The number of carboxylic acid groups (broad SMARTS) is 1. The number of hydrogen-bond acceptors (Lipinski definition) is 8. The second-order valence-corrected chi connectivity index (χ2v) is 9.81. The minimum absolute atomic E-state index is 0.0321. The molecule has 40 heavy (non-hydrogen) atoms. The normalized spacial score (nSPS) is 14.2. The maximum Gasteiger partial charge on any atom is 0.326 e. The van der Waals surface area contributed by atoms with E-state index in [-0.39, 0.29) is 18.6 Å². The number of unbranched alkanes of at least 4 members (excludes halogenated alkanes) is 1. The second kappa shape index (κ2) is 15.1. The molecule has 0 fully saturated rings. The quantitative estimate of drug-likeness (QED) is 0.0810. The van der Waals surface area contributed by atoms with Gasteiger partial charge in [0.25, 0.3) is 0 Å². The minimum atomic E-state index is -1.26. The summed E-state index contributed by atoms with van der Waals surface area (Å²) in [5.41, 5.74) is 13.7. The van der Waals surface area contributed by atoms with Crippen molar-refractivity contribution in [2.75, 3.05) is 12.3 Å². The molecule has 4 atom stereocenters. The second-order valence-electron chi connectivity index (χ2n) is 9.44. The molecule has 3 aromatic rings. The van der Waals surface area contributed by atoms with E-state index in [1.54, 1.807) is 6.20 Å². The van der Waals surface area contributed by atoms with Crippen molar-refractivity contribution in [1.29, 1.82) is 0 Å². The minimum Gasteiger partial charge on any atom is -0.480 e. The van der Waals surface area contributed by atoms with Gasteiger partial charge in [-0.05, 0) is 31.0 Å². The molecule has 14 heteroatoms. The topological polar surface area (TPSA) is 221 Å². The highest BCUT2D eigenvalue weighted by atomic mass is 32.1. The van der Waals surface area contributed by atoms with E-state index in [4.69, 9.17) is 11.5 Å². The van der Waals surface area contributed by atoms with Gasteiger partial charge in [-0.1, -0.05) is 24.6 Å². The number of hydrogen-bond donors (Lipinski definition) is 9. The van der Waals surface area contributed by atoms with Crippen molar-refractivity contribution in [3.8, 4) is 0 Å². The maximum absolute atomic E-state index is 13.4. The van der Waals surface area contributed by atoms with Crippen molar-refractivity contribution in [1.82, 2.24) is 30.9 Å². The van der Waals surface area contributed by atoms with Crippen molar-refractivity contribution in [3.05, 3.63) is 54.2 Å². The van der Waals surface area contributed by atoms with Crippen LogP contribution in [0.5, 0.6) is 0 Å². The van der Waals surface area contributed by atoms with Crippen LogP contribution < -0.4 is 27.4 Å². The van der Waals surface area contributed by atoms with Gasteiger partial charge in [0.15, 0.2) is 0 Å². The highest BCUT2D eigenvalue weighted by Crippen LogP contribution is 2.19. The molecule has 13 nitrogen and oxygen atoms in total. The molecule has 0 spiro atoms. The molecule has 0 aliphatic heterocycles. The van der Waals surface area contributed by atoms with Gasteiger partial charge in [-0.3, -0.25) is 14.4 Å². The Hall–Kier alpha value is -3.88. The summed E-state index contributed by atoms with van der Waals surface area (Å²) >= 11 is 4.19. The number of nitrogens with zero attached hydrogens (tertiary/aromatic N) is 1. The molecular formula is C26H36N8O5S. The lowest BCUT2D eigenvalue weighted by molar-refractivity contribution is -0.142. The number of nitrogens with two attached hydrogens (primary N) is 2. The molecule has 10 N–H and O–H groups in total. The Balaban J connectivity index is 1.74. The fourth-order valence-corrected chi connectivity index (χ4v) is 4.46. The van der Waals surface area contributed by atoms with Gasteiger partial charge in [0.1, 0.15) is 18.1 Å². The van der Waals surface area contributed by atoms with Crippen LogP contribution in [0.1, 0.15) is 30.5 Å². The fraction of sp³-hybridized carbons (Fsp3) is 0.423. The summed E-state index contributed by atoms with van der Waals surface area (Å²) in [4.78, 5) is 60.8. The molecular weight excluding hydrogens is 536 g/mol. The first-order chi connectivity index (χ1) is 19.2. The highest BCUT2D eigenvalue weighted by molar-refractivity contribution is 7.80. The van der Waals surface area contributed by atoms with Crippen LogP contribution in [-0.2, 0) is 32.0 Å². The monoisotopic (exact) mass is 572 g/mol. The lowest BCUT2D eigenvalue weighted by Crippen LogP contribution is -2.58. The number of thiol groups is 1. The Labute approximate surface area is 236 Å². The van der Waals surface area contributed by atoms with Crippen LogP contribution in [0.3, 0.4) is 0 Å². The SMILES string of the molecule is NCCCCC(N)C(=O)NC(Cc1c[nH]c2ccccc12)C(=O)NC(CS)C(=O)NC(Cc1cnc[nH]1)C(=O)O. The predicted molar refractivity (Wildman–Crippen MR) is 152 cm³/mol. The third kappa shape index (κ3) is 8.56. The number of aliphatic carboxylic acids is 1. The zero-order chi connectivity index (χ0) is 29.1. The van der Waals surface area contributed by atoms with Crippen molar-refractivity contribution < 1.29 is 24.3 Å². The molecule has 0 radical (unpaired) electrons. The zero-order valence-electron chi connectivity index (χ0n) is 21.9. The van der Waals surface area contributed by atoms with Crippen LogP contribution in [0.2, 0.25) is 0 Å². The standard InChI is InChI=1S/C26H36N8O5S/c27-8-4-3-6-18(28)23(35)32-20(9-15-11-30-19-7-2-1-5-17(15)19)24(36)34-22(13-40)25(37)33-21(26(38)39)10-16-12-29-14-31-16/h1-2,5,7,11-12,14,18,20-22,30,40H,3-4,6,8-10,13,27-28H2,(H,29,31)(H,32,35)(H,33,37)(H,34,36)(H,38,39). The first kappa shape index (κ1) is 30.7. The number of carbonyl (C=O) groups excluding carboxylic acids is 3. The number of benzene rings is 1. The number of para-hydroxylation sites is 1. The smallest absolute Gasteiger partial charge is 0.326 e. The molecule has 2 aromatic heterocycles. The van der Waals surface area contributed by atoms with Crippen LogP contribution in [0.4, 0.5) is 0 Å². The van der Waals surface area contributed by atoms with E-state index in [2.05, 4.69) is 43.5 Å². The van der Waals surface area contributed by atoms with Gasteiger partial charge in [0.05, 0.1) is 12.4 Å². The fourth-order valence-electron chi connectivity index (χ4n) is 4.20. The zero-order valence-corrected chi connectivity index (χ0v) is 22.8. The Bertz CT molecular complexity index is 1280. The Kier molecular flexibility index (Phi) is 11.5. The number of rotatable bonds is 16. The molecule has 0 aliphatic rings. The van der Waals surface area contributed by atoms with Crippen LogP contribution in [0, 0.1) is 0 Å². The summed E-state index contributed by atoms with van der Waals surface area (Å²) < 4.78 is 0. The molecule has 3 rings (SSSR count). The number of fused-ring (bicyclic) bond motifs is 1. The van der Waals surface area contributed by atoms with Gasteiger partial charge < -0.3 is 42.5 Å². The molecule has 0 bridgehead atoms. The van der Waals surface area contributed by atoms with E-state index in [1.807, 2.05) is 24.3 Å². The van der Waals surface area contributed by atoms with Crippen molar-refractivity contribution in [2.24, 2.45) is 11.5 Å². The van der Waals surface area contributed by atoms with E-state index in [0.717, 1.165) is 22.9 Å². The van der Waals surface area contributed by atoms with Crippen LogP contribution in [0.25, 0.3) is 10.9 Å². The molecule has 4 unspecified atom stereocenters. The number of aromatic amines is 2. The average Bonchev–Trinajstić information content (AvgIpc) is 3.60. The summed E-state index contributed by atoms with van der Waals surface area (Å²) in [6.45, 7) is 0.484. The van der Waals surface area contributed by atoms with Gasteiger partial charge in [-0.25, -0.2) is 9.78 Å². The molecule has 0 saturated carbocycles. The molecule has 1 aromatic carbocycles. The van der Waals surface area contributed by atoms with E-state index >= 15 is 0 Å². The number of amides is 3. The molecule has 0 aliphatic carbocycles. The Morgan fingerprint density at radius 3 is 2.33 bits per heavy atom. The van der Waals surface area contributed by atoms with Gasteiger partial charge in [0.2, 0.25) is 17.7 Å². The van der Waals surface area contributed by atoms with Crippen LogP contribution >= 0.6 is 12.6 Å². The van der Waals surface area contributed by atoms with Crippen molar-refractivity contribution in [3.63, 3.8) is 0 Å². The average molecular weight is 573 g/mol. The summed E-state index contributed by atoms with van der Waals surface area (Å²) in [6.07, 6.45) is 6.49. The van der Waals surface area contributed by atoms with Crippen LogP contribution in [0.15, 0.2) is 43.0 Å². The first-order valence-electron chi connectivity index (χ1n) is 13.0. The first-order valence-corrected chi connectivity index (χ1v) is 13.6. The van der Waals surface area contributed by atoms with Gasteiger partial charge in [0, 0.05) is 47.6 Å². The summed E-state index contributed by atoms with van der Waals surface area (Å²) in [6, 6.07) is 3.19. The summed E-state index contributed by atoms with van der Waals surface area (Å²) in [7, 11) is 0.